The zero-order valence-electron chi connectivity index (χ0n) is 17.7. The molecule has 1 aliphatic heterocycles. The first-order valence-corrected chi connectivity index (χ1v) is 11.7. The Labute approximate surface area is 216 Å². The summed E-state index contributed by atoms with van der Waals surface area (Å²) in [6.45, 7) is 0.125. The Morgan fingerprint density at radius 3 is 2.71 bits per heavy atom. The van der Waals surface area contributed by atoms with Crippen molar-refractivity contribution in [2.75, 3.05) is 7.11 Å². The van der Waals surface area contributed by atoms with E-state index < -0.39 is 10.9 Å². The number of methoxy groups -OCH3 is 1. The van der Waals surface area contributed by atoms with Crippen molar-refractivity contribution in [1.29, 1.82) is 0 Å². The third-order valence-corrected chi connectivity index (χ3v) is 6.28. The number of carbonyl (C=O) groups excluding carboxylic acids is 1. The molecule has 0 amide bonds. The van der Waals surface area contributed by atoms with Crippen LogP contribution in [0.3, 0.4) is 0 Å². The van der Waals surface area contributed by atoms with Gasteiger partial charge in [0.2, 0.25) is 5.90 Å². The molecule has 34 heavy (non-hydrogen) atoms. The van der Waals surface area contributed by atoms with Gasteiger partial charge in [0.05, 0.1) is 21.2 Å². The average molecular weight is 635 g/mol. The third kappa shape index (κ3) is 5.28. The van der Waals surface area contributed by atoms with Crippen molar-refractivity contribution in [3.05, 3.63) is 101 Å². The smallest absolute Gasteiger partial charge is 0.363 e. The van der Waals surface area contributed by atoms with E-state index in [1.165, 1.54) is 19.2 Å². The first-order chi connectivity index (χ1) is 16.4. The van der Waals surface area contributed by atoms with Crippen LogP contribution in [-0.4, -0.2) is 23.9 Å². The highest BCUT2D eigenvalue weighted by molar-refractivity contribution is 14.1. The molecule has 0 bridgehead atoms. The van der Waals surface area contributed by atoms with E-state index in [0.29, 0.717) is 28.2 Å². The van der Waals surface area contributed by atoms with Gasteiger partial charge in [0.15, 0.2) is 17.2 Å². The standard InChI is InChI=1S/C24H16BrIN2O6/c1-32-21-12-15(11-20-24(29)34-23(27-20)17-7-2-3-8-18(17)25)10-19(26)22(21)33-13-14-5-4-6-16(9-14)28(30)31/h2-12H,13H2,1H3/b20-11-. The van der Waals surface area contributed by atoms with E-state index in [9.17, 15) is 14.9 Å². The predicted molar refractivity (Wildman–Crippen MR) is 138 cm³/mol. The number of nitrogens with zero attached hydrogens (tertiary/aromatic N) is 2. The first-order valence-electron chi connectivity index (χ1n) is 9.87. The lowest BCUT2D eigenvalue weighted by Gasteiger charge is -2.13. The van der Waals surface area contributed by atoms with Crippen LogP contribution in [0.25, 0.3) is 6.08 Å². The summed E-state index contributed by atoms with van der Waals surface area (Å²) >= 11 is 5.54. The fourth-order valence-electron chi connectivity index (χ4n) is 3.20. The number of halogens is 2. The summed E-state index contributed by atoms with van der Waals surface area (Å²) in [6, 6.07) is 17.1. The van der Waals surface area contributed by atoms with Gasteiger partial charge in [0.25, 0.3) is 5.69 Å². The number of carbonyl (C=O) groups is 1. The van der Waals surface area contributed by atoms with Gasteiger partial charge in [0.1, 0.15) is 6.61 Å². The van der Waals surface area contributed by atoms with Crippen molar-refractivity contribution >= 4 is 62.2 Å². The number of cyclic esters (lactones) is 1. The first kappa shape index (κ1) is 23.9. The number of aliphatic imine (C=N–C) groups is 1. The summed E-state index contributed by atoms with van der Waals surface area (Å²) in [5.41, 5.74) is 2.16. The molecule has 0 N–H and O–H groups in total. The summed E-state index contributed by atoms with van der Waals surface area (Å²) in [5, 5.41) is 11.0. The molecule has 3 aromatic rings. The fraction of sp³-hybridized carbons (Fsp3) is 0.0833. The SMILES string of the molecule is COc1cc(/C=C2\N=C(c3ccccc3Br)OC2=O)cc(I)c1OCc1cccc([N+](=O)[O-])c1. The normalized spacial score (nSPS) is 14.0. The van der Waals surface area contributed by atoms with Gasteiger partial charge in [-0.2, -0.15) is 0 Å². The Balaban J connectivity index is 1.59. The van der Waals surface area contributed by atoms with Gasteiger partial charge in [-0.3, -0.25) is 10.1 Å². The van der Waals surface area contributed by atoms with Crippen molar-refractivity contribution in [3.63, 3.8) is 0 Å². The molecule has 0 unspecified atom stereocenters. The van der Waals surface area contributed by atoms with Gasteiger partial charge in [-0.1, -0.05) is 24.3 Å². The molecule has 1 aliphatic rings. The number of benzene rings is 3. The molecule has 0 aliphatic carbocycles. The van der Waals surface area contributed by atoms with E-state index in [0.717, 1.165) is 8.04 Å². The molecule has 0 atom stereocenters. The van der Waals surface area contributed by atoms with Gasteiger partial charge < -0.3 is 14.2 Å². The van der Waals surface area contributed by atoms with Gasteiger partial charge >= 0.3 is 5.97 Å². The maximum absolute atomic E-state index is 12.4. The second-order valence-corrected chi connectivity index (χ2v) is 9.08. The average Bonchev–Trinajstić information content (AvgIpc) is 3.18. The Morgan fingerprint density at radius 1 is 1.18 bits per heavy atom. The van der Waals surface area contributed by atoms with Crippen LogP contribution in [-0.2, 0) is 16.1 Å². The Bertz CT molecular complexity index is 1360. The van der Waals surface area contributed by atoms with E-state index in [2.05, 4.69) is 43.5 Å². The molecule has 8 nitrogen and oxygen atoms in total. The van der Waals surface area contributed by atoms with Crippen LogP contribution in [0, 0.1) is 13.7 Å². The lowest BCUT2D eigenvalue weighted by atomic mass is 10.1. The molecule has 0 saturated carbocycles. The molecule has 0 aromatic heterocycles. The van der Waals surface area contributed by atoms with E-state index in [-0.39, 0.29) is 23.9 Å². The van der Waals surface area contributed by atoms with Gasteiger partial charge in [-0.05, 0) is 80.0 Å². The molecule has 3 aromatic carbocycles. The van der Waals surface area contributed by atoms with Crippen LogP contribution in [0.15, 0.2) is 75.8 Å². The topological polar surface area (TPSA) is 100 Å². The largest absolute Gasteiger partial charge is 0.493 e. The number of hydrogen-bond acceptors (Lipinski definition) is 7. The molecule has 4 rings (SSSR count). The molecule has 1 heterocycles. The summed E-state index contributed by atoms with van der Waals surface area (Å²) < 4.78 is 18.2. The minimum absolute atomic E-state index is 0.00404. The molecule has 0 spiro atoms. The van der Waals surface area contributed by atoms with Crippen LogP contribution in [0.5, 0.6) is 11.5 Å². The summed E-state index contributed by atoms with van der Waals surface area (Å²) in [6.07, 6.45) is 1.61. The highest BCUT2D eigenvalue weighted by Crippen LogP contribution is 2.36. The van der Waals surface area contributed by atoms with Crippen molar-refractivity contribution in [2.45, 2.75) is 6.61 Å². The summed E-state index contributed by atoms with van der Waals surface area (Å²) in [7, 11) is 1.51. The van der Waals surface area contributed by atoms with E-state index in [1.54, 1.807) is 30.3 Å². The lowest BCUT2D eigenvalue weighted by Crippen LogP contribution is -2.05. The number of rotatable bonds is 7. The van der Waals surface area contributed by atoms with Crippen molar-refractivity contribution in [1.82, 2.24) is 0 Å². The molecule has 172 valence electrons. The Morgan fingerprint density at radius 2 is 1.97 bits per heavy atom. The van der Waals surface area contributed by atoms with Crippen molar-refractivity contribution in [2.24, 2.45) is 4.99 Å². The number of esters is 1. The number of hydrogen-bond donors (Lipinski definition) is 0. The number of nitro groups is 1. The molecule has 10 heteroatoms. The zero-order chi connectivity index (χ0) is 24.2. The lowest BCUT2D eigenvalue weighted by molar-refractivity contribution is -0.384. The molecular formula is C24H16BrIN2O6. The van der Waals surface area contributed by atoms with Crippen molar-refractivity contribution < 1.29 is 23.9 Å². The summed E-state index contributed by atoms with van der Waals surface area (Å²) in [5.74, 6) is 0.613. The third-order valence-electron chi connectivity index (χ3n) is 4.78. The highest BCUT2D eigenvalue weighted by Gasteiger charge is 2.25. The molecule has 0 fully saturated rings. The molecular weight excluding hydrogens is 619 g/mol. The maximum Gasteiger partial charge on any atom is 0.363 e. The highest BCUT2D eigenvalue weighted by atomic mass is 127. The Kier molecular flexibility index (Phi) is 7.27. The van der Waals surface area contributed by atoms with Crippen LogP contribution < -0.4 is 9.47 Å². The van der Waals surface area contributed by atoms with E-state index >= 15 is 0 Å². The van der Waals surface area contributed by atoms with E-state index in [1.807, 2.05) is 24.3 Å². The van der Waals surface area contributed by atoms with Crippen LogP contribution in [0.4, 0.5) is 5.69 Å². The van der Waals surface area contributed by atoms with Gasteiger partial charge in [-0.25, -0.2) is 9.79 Å². The van der Waals surface area contributed by atoms with Crippen LogP contribution in [0.1, 0.15) is 16.7 Å². The molecule has 0 saturated heterocycles. The second kappa shape index (κ2) is 10.3. The predicted octanol–water partition coefficient (Wildman–Crippen LogP) is 5.89. The zero-order valence-corrected chi connectivity index (χ0v) is 21.4. The van der Waals surface area contributed by atoms with Gasteiger partial charge in [0, 0.05) is 16.6 Å². The Hall–Kier alpha value is -3.25. The number of ether oxygens (including phenoxy) is 3. The van der Waals surface area contributed by atoms with E-state index in [4.69, 9.17) is 14.2 Å². The quantitative estimate of drug-likeness (QED) is 0.106. The maximum atomic E-state index is 12.4. The number of non-ortho nitro benzene ring substituents is 1. The second-order valence-electron chi connectivity index (χ2n) is 7.07. The minimum atomic E-state index is -0.550. The number of nitro benzene ring substituents is 1. The molecule has 0 radical (unpaired) electrons. The summed E-state index contributed by atoms with van der Waals surface area (Å²) in [4.78, 5) is 27.3. The van der Waals surface area contributed by atoms with Crippen molar-refractivity contribution in [3.8, 4) is 11.5 Å². The minimum Gasteiger partial charge on any atom is -0.493 e. The van der Waals surface area contributed by atoms with Crippen LogP contribution in [0.2, 0.25) is 0 Å². The van der Waals surface area contributed by atoms with Gasteiger partial charge in [-0.15, -0.1) is 0 Å². The van der Waals surface area contributed by atoms with Crippen LogP contribution >= 0.6 is 38.5 Å². The fourth-order valence-corrected chi connectivity index (χ4v) is 4.43. The monoisotopic (exact) mass is 634 g/mol.